The molecule has 0 fully saturated rings. The van der Waals surface area contributed by atoms with Gasteiger partial charge in [-0.3, -0.25) is 0 Å². The molecule has 0 amide bonds. The lowest BCUT2D eigenvalue weighted by Gasteiger charge is -2.09. The average Bonchev–Trinajstić information content (AvgIpc) is 3.48. The van der Waals surface area contributed by atoms with Gasteiger partial charge in [0, 0.05) is 36.9 Å². The summed E-state index contributed by atoms with van der Waals surface area (Å²) in [5.74, 6) is 2.00. The number of aromatic nitrogens is 3. The Morgan fingerprint density at radius 3 is 1.44 bits per heavy atom. The van der Waals surface area contributed by atoms with Gasteiger partial charge >= 0.3 is 0 Å². The van der Waals surface area contributed by atoms with Crippen molar-refractivity contribution in [2.24, 2.45) is 0 Å². The zero-order valence-electron chi connectivity index (χ0n) is 23.2. The van der Waals surface area contributed by atoms with E-state index in [0.717, 1.165) is 16.7 Å². The van der Waals surface area contributed by atoms with Gasteiger partial charge in [-0.2, -0.15) is 0 Å². The molecular formula is C39H25N3S. The van der Waals surface area contributed by atoms with Crippen LogP contribution >= 0.6 is 11.3 Å². The fourth-order valence-corrected chi connectivity index (χ4v) is 6.73. The molecule has 6 aromatic carbocycles. The van der Waals surface area contributed by atoms with E-state index in [0.29, 0.717) is 17.5 Å². The van der Waals surface area contributed by atoms with Gasteiger partial charge in [0.25, 0.3) is 0 Å². The molecule has 2 aromatic heterocycles. The summed E-state index contributed by atoms with van der Waals surface area (Å²) in [7, 11) is 0. The molecule has 0 saturated heterocycles. The molecule has 0 bridgehead atoms. The normalized spacial score (nSPS) is 11.3. The molecule has 0 unspecified atom stereocenters. The van der Waals surface area contributed by atoms with Crippen LogP contribution in [0.4, 0.5) is 0 Å². The Hall–Kier alpha value is -5.45. The van der Waals surface area contributed by atoms with E-state index in [4.69, 9.17) is 15.0 Å². The second-order valence-corrected chi connectivity index (χ2v) is 11.6. The molecule has 0 aliphatic carbocycles. The highest BCUT2D eigenvalue weighted by molar-refractivity contribution is 7.26. The maximum absolute atomic E-state index is 4.97. The maximum Gasteiger partial charge on any atom is 0.164 e. The van der Waals surface area contributed by atoms with Crippen molar-refractivity contribution in [1.29, 1.82) is 0 Å². The van der Waals surface area contributed by atoms with Gasteiger partial charge in [-0.05, 0) is 46.5 Å². The SMILES string of the molecule is c1ccc(-c2ccc(-c3cccc4sc5ccc(-c6nc(-c7ccccc7)nc(-c7ccccc7)n6)cc5c34)cc2)cc1. The minimum Gasteiger partial charge on any atom is -0.208 e. The van der Waals surface area contributed by atoms with Gasteiger partial charge in [-0.15, -0.1) is 11.3 Å². The van der Waals surface area contributed by atoms with Crippen LogP contribution in [0.3, 0.4) is 0 Å². The first-order valence-corrected chi connectivity index (χ1v) is 15.1. The minimum atomic E-state index is 0.665. The van der Waals surface area contributed by atoms with Gasteiger partial charge in [-0.1, -0.05) is 127 Å². The molecule has 8 rings (SSSR count). The minimum absolute atomic E-state index is 0.665. The van der Waals surface area contributed by atoms with Crippen LogP contribution in [0.25, 0.3) is 76.6 Å². The standard InChI is InChI=1S/C39H25N3S/c1-4-11-26(12-5-1)27-19-21-28(22-20-27)32-17-10-18-35-36(32)33-25-31(23-24-34(33)43-35)39-41-37(29-13-6-2-7-14-29)40-38(42-39)30-15-8-3-9-16-30/h1-25H. The Labute approximate surface area is 253 Å². The molecule has 43 heavy (non-hydrogen) atoms. The first-order chi connectivity index (χ1) is 21.3. The number of thiophene rings is 1. The molecule has 202 valence electrons. The highest BCUT2D eigenvalue weighted by Crippen LogP contribution is 2.41. The third-order valence-corrected chi connectivity index (χ3v) is 8.89. The van der Waals surface area contributed by atoms with E-state index in [2.05, 4.69) is 91.0 Å². The van der Waals surface area contributed by atoms with Crippen molar-refractivity contribution in [2.75, 3.05) is 0 Å². The lowest BCUT2D eigenvalue weighted by Crippen LogP contribution is -2.00. The van der Waals surface area contributed by atoms with Gasteiger partial charge in [0.15, 0.2) is 17.5 Å². The number of hydrogen-bond acceptors (Lipinski definition) is 4. The van der Waals surface area contributed by atoms with E-state index in [1.165, 1.54) is 42.4 Å². The Kier molecular flexibility index (Phi) is 6.32. The summed E-state index contributed by atoms with van der Waals surface area (Å²) in [4.78, 5) is 14.8. The van der Waals surface area contributed by atoms with Crippen molar-refractivity contribution in [3.05, 3.63) is 152 Å². The van der Waals surface area contributed by atoms with Crippen molar-refractivity contribution in [1.82, 2.24) is 15.0 Å². The fourth-order valence-electron chi connectivity index (χ4n) is 5.62. The number of fused-ring (bicyclic) bond motifs is 3. The van der Waals surface area contributed by atoms with Gasteiger partial charge in [0.05, 0.1) is 0 Å². The molecule has 0 saturated carbocycles. The van der Waals surface area contributed by atoms with E-state index >= 15 is 0 Å². The largest absolute Gasteiger partial charge is 0.208 e. The smallest absolute Gasteiger partial charge is 0.164 e. The van der Waals surface area contributed by atoms with Crippen LogP contribution < -0.4 is 0 Å². The Bertz CT molecular complexity index is 2150. The summed E-state index contributed by atoms with van der Waals surface area (Å²) in [5, 5.41) is 2.47. The molecule has 2 heterocycles. The zero-order valence-corrected chi connectivity index (χ0v) is 24.0. The number of rotatable bonds is 5. The van der Waals surface area contributed by atoms with Gasteiger partial charge in [-0.25, -0.2) is 15.0 Å². The van der Waals surface area contributed by atoms with Crippen LogP contribution in [0.15, 0.2) is 152 Å². The van der Waals surface area contributed by atoms with Crippen LogP contribution in [-0.2, 0) is 0 Å². The summed E-state index contributed by atoms with van der Waals surface area (Å²) in [6.45, 7) is 0. The van der Waals surface area contributed by atoms with E-state index in [1.54, 1.807) is 0 Å². The summed E-state index contributed by atoms with van der Waals surface area (Å²) < 4.78 is 2.51. The topological polar surface area (TPSA) is 38.7 Å². The molecule has 0 radical (unpaired) electrons. The van der Waals surface area contributed by atoms with Crippen LogP contribution in [-0.4, -0.2) is 15.0 Å². The monoisotopic (exact) mass is 567 g/mol. The first-order valence-electron chi connectivity index (χ1n) is 14.3. The van der Waals surface area contributed by atoms with Crippen LogP contribution in [0.2, 0.25) is 0 Å². The first kappa shape index (κ1) is 25.3. The second kappa shape index (κ2) is 10.8. The highest BCUT2D eigenvalue weighted by Gasteiger charge is 2.16. The van der Waals surface area contributed by atoms with Gasteiger partial charge in [0.2, 0.25) is 0 Å². The molecule has 0 atom stereocenters. The second-order valence-electron chi connectivity index (χ2n) is 10.5. The number of nitrogens with zero attached hydrogens (tertiary/aromatic N) is 3. The number of hydrogen-bond donors (Lipinski definition) is 0. The van der Waals surface area contributed by atoms with Gasteiger partial charge in [0.1, 0.15) is 0 Å². The molecule has 4 heteroatoms. The average molecular weight is 568 g/mol. The van der Waals surface area contributed by atoms with E-state index in [9.17, 15) is 0 Å². The quantitative estimate of drug-likeness (QED) is 0.208. The third-order valence-electron chi connectivity index (χ3n) is 7.76. The highest BCUT2D eigenvalue weighted by atomic mass is 32.1. The van der Waals surface area contributed by atoms with Crippen LogP contribution in [0.1, 0.15) is 0 Å². The Morgan fingerprint density at radius 1 is 0.349 bits per heavy atom. The van der Waals surface area contributed by atoms with Crippen molar-refractivity contribution >= 4 is 31.5 Å². The van der Waals surface area contributed by atoms with Crippen molar-refractivity contribution < 1.29 is 0 Å². The Balaban J connectivity index is 1.28. The van der Waals surface area contributed by atoms with E-state index < -0.39 is 0 Å². The van der Waals surface area contributed by atoms with Crippen LogP contribution in [0.5, 0.6) is 0 Å². The van der Waals surface area contributed by atoms with Crippen molar-refractivity contribution in [2.45, 2.75) is 0 Å². The molecule has 8 aromatic rings. The molecular weight excluding hydrogens is 543 g/mol. The maximum atomic E-state index is 4.97. The third kappa shape index (κ3) is 4.78. The summed E-state index contributed by atoms with van der Waals surface area (Å²) in [6, 6.07) is 52.8. The molecule has 0 N–H and O–H groups in total. The lowest BCUT2D eigenvalue weighted by molar-refractivity contribution is 1.07. The van der Waals surface area contributed by atoms with E-state index in [-0.39, 0.29) is 0 Å². The lowest BCUT2D eigenvalue weighted by atomic mass is 9.96. The molecule has 0 aliphatic heterocycles. The molecule has 3 nitrogen and oxygen atoms in total. The van der Waals surface area contributed by atoms with E-state index in [1.807, 2.05) is 72.0 Å². The number of benzene rings is 6. The predicted molar refractivity (Wildman–Crippen MR) is 180 cm³/mol. The fraction of sp³-hybridized carbons (Fsp3) is 0. The van der Waals surface area contributed by atoms with Crippen LogP contribution in [0, 0.1) is 0 Å². The molecule has 0 spiro atoms. The zero-order chi connectivity index (χ0) is 28.6. The van der Waals surface area contributed by atoms with Crippen molar-refractivity contribution in [3.63, 3.8) is 0 Å². The summed E-state index contributed by atoms with van der Waals surface area (Å²) >= 11 is 1.82. The van der Waals surface area contributed by atoms with Crippen molar-refractivity contribution in [3.8, 4) is 56.4 Å². The molecule has 0 aliphatic rings. The van der Waals surface area contributed by atoms with Gasteiger partial charge < -0.3 is 0 Å². The summed E-state index contributed by atoms with van der Waals surface area (Å²) in [6.07, 6.45) is 0. The predicted octanol–water partition coefficient (Wildman–Crippen LogP) is 10.6. The Morgan fingerprint density at radius 2 is 0.837 bits per heavy atom. The summed E-state index contributed by atoms with van der Waals surface area (Å²) in [5.41, 5.74) is 7.77.